The van der Waals surface area contributed by atoms with Crippen molar-refractivity contribution >= 4 is 40.0 Å². The zero-order valence-corrected chi connectivity index (χ0v) is 18.0. The van der Waals surface area contributed by atoms with Crippen LogP contribution in [0.5, 0.6) is 17.2 Å². The van der Waals surface area contributed by atoms with Crippen LogP contribution in [0.2, 0.25) is 10.0 Å². The number of amides is 1. The predicted octanol–water partition coefficient (Wildman–Crippen LogP) is 3.05. The summed E-state index contributed by atoms with van der Waals surface area (Å²) >= 11 is 12.1. The molecule has 1 amide bonds. The molecule has 1 heterocycles. The highest BCUT2D eigenvalue weighted by Crippen LogP contribution is 2.38. The first-order chi connectivity index (χ1) is 14.4. The van der Waals surface area contributed by atoms with Crippen molar-refractivity contribution in [3.63, 3.8) is 0 Å². The largest absolute Gasteiger partial charge is 0.493 e. The average Bonchev–Trinajstić information content (AvgIpc) is 2.73. The Bertz CT molecular complexity index is 1140. The van der Waals surface area contributed by atoms with E-state index in [0.717, 1.165) is 5.56 Å². The van der Waals surface area contributed by atoms with Crippen LogP contribution in [0.3, 0.4) is 0 Å². The highest BCUT2D eigenvalue weighted by Gasteiger charge is 2.15. The summed E-state index contributed by atoms with van der Waals surface area (Å²) in [5, 5.41) is 3.59. The zero-order valence-electron chi connectivity index (χ0n) is 16.5. The van der Waals surface area contributed by atoms with Crippen molar-refractivity contribution in [2.75, 3.05) is 21.3 Å². The standard InChI is InChI=1S/C20H19Cl2N3O5/c1-28-15-4-11(5-16(29-2)19(15)30-3)8-23-17(26)9-25-10-24-18-13(20(25)27)6-12(21)7-14(18)22/h4-7,10H,8-9H2,1-3H3,(H,23,26). The molecule has 0 saturated heterocycles. The van der Waals surface area contributed by atoms with Crippen molar-refractivity contribution in [3.8, 4) is 17.2 Å². The Morgan fingerprint density at radius 3 is 2.33 bits per heavy atom. The second kappa shape index (κ2) is 9.23. The van der Waals surface area contributed by atoms with Crippen molar-refractivity contribution in [1.82, 2.24) is 14.9 Å². The minimum absolute atomic E-state index is 0.197. The highest BCUT2D eigenvalue weighted by molar-refractivity contribution is 6.38. The van der Waals surface area contributed by atoms with Gasteiger partial charge < -0.3 is 19.5 Å². The first kappa shape index (κ1) is 21.7. The molecule has 3 rings (SSSR count). The third-order valence-corrected chi connectivity index (χ3v) is 4.88. The van der Waals surface area contributed by atoms with E-state index in [1.807, 2.05) is 0 Å². The molecule has 0 radical (unpaired) electrons. The number of benzene rings is 2. The maximum atomic E-state index is 12.7. The molecule has 2 aromatic carbocycles. The molecule has 8 nitrogen and oxygen atoms in total. The summed E-state index contributed by atoms with van der Waals surface area (Å²) in [4.78, 5) is 29.2. The Balaban J connectivity index is 1.77. The molecule has 0 aliphatic heterocycles. The number of nitrogens with zero attached hydrogens (tertiary/aromatic N) is 2. The maximum absolute atomic E-state index is 12.7. The fourth-order valence-electron chi connectivity index (χ4n) is 2.96. The van der Waals surface area contributed by atoms with Crippen molar-refractivity contribution in [3.05, 3.63) is 56.6 Å². The number of hydrogen-bond acceptors (Lipinski definition) is 6. The highest BCUT2D eigenvalue weighted by atomic mass is 35.5. The molecule has 1 aromatic heterocycles. The summed E-state index contributed by atoms with van der Waals surface area (Å²) in [6.45, 7) is -0.0146. The molecule has 0 spiro atoms. The van der Waals surface area contributed by atoms with Crippen molar-refractivity contribution < 1.29 is 19.0 Å². The Kier molecular flexibility index (Phi) is 6.69. The van der Waals surface area contributed by atoms with Gasteiger partial charge in [-0.1, -0.05) is 23.2 Å². The number of fused-ring (bicyclic) bond motifs is 1. The summed E-state index contributed by atoms with van der Waals surface area (Å²) in [7, 11) is 4.53. The molecule has 1 N–H and O–H groups in total. The van der Waals surface area contributed by atoms with Crippen LogP contribution in [-0.2, 0) is 17.9 Å². The van der Waals surface area contributed by atoms with Gasteiger partial charge in [0, 0.05) is 11.6 Å². The van der Waals surface area contributed by atoms with E-state index in [0.29, 0.717) is 27.8 Å². The summed E-state index contributed by atoms with van der Waals surface area (Å²) in [5.74, 6) is 1.04. The summed E-state index contributed by atoms with van der Waals surface area (Å²) in [6, 6.07) is 6.44. The molecule has 0 unspecified atom stereocenters. The summed E-state index contributed by atoms with van der Waals surface area (Å²) < 4.78 is 17.1. The van der Waals surface area contributed by atoms with Crippen LogP contribution in [0.15, 0.2) is 35.4 Å². The SMILES string of the molecule is COc1cc(CNC(=O)Cn2cnc3c(Cl)cc(Cl)cc3c2=O)cc(OC)c1OC. The van der Waals surface area contributed by atoms with Gasteiger partial charge in [0.15, 0.2) is 11.5 Å². The van der Waals surface area contributed by atoms with E-state index >= 15 is 0 Å². The van der Waals surface area contributed by atoms with E-state index in [9.17, 15) is 9.59 Å². The van der Waals surface area contributed by atoms with Crippen LogP contribution in [-0.4, -0.2) is 36.8 Å². The minimum Gasteiger partial charge on any atom is -0.493 e. The molecule has 0 bridgehead atoms. The third-order valence-electron chi connectivity index (χ3n) is 4.37. The third kappa shape index (κ3) is 4.44. The molecule has 0 saturated carbocycles. The van der Waals surface area contributed by atoms with Gasteiger partial charge in [0.25, 0.3) is 5.56 Å². The van der Waals surface area contributed by atoms with Gasteiger partial charge in [0.05, 0.1) is 43.6 Å². The van der Waals surface area contributed by atoms with Gasteiger partial charge in [0.1, 0.15) is 6.54 Å². The first-order valence-electron chi connectivity index (χ1n) is 8.77. The van der Waals surface area contributed by atoms with Crippen LogP contribution in [0.4, 0.5) is 0 Å². The van der Waals surface area contributed by atoms with Gasteiger partial charge in [-0.25, -0.2) is 4.98 Å². The van der Waals surface area contributed by atoms with Gasteiger partial charge >= 0.3 is 0 Å². The average molecular weight is 452 g/mol. The Morgan fingerprint density at radius 2 is 1.73 bits per heavy atom. The van der Waals surface area contributed by atoms with Gasteiger partial charge in [-0.2, -0.15) is 0 Å². The van der Waals surface area contributed by atoms with E-state index in [2.05, 4.69) is 10.3 Å². The lowest BCUT2D eigenvalue weighted by Crippen LogP contribution is -2.32. The maximum Gasteiger partial charge on any atom is 0.261 e. The number of ether oxygens (including phenoxy) is 3. The number of carbonyl (C=O) groups is 1. The van der Waals surface area contributed by atoms with E-state index in [1.54, 1.807) is 12.1 Å². The number of methoxy groups -OCH3 is 3. The summed E-state index contributed by atoms with van der Waals surface area (Å²) in [6.07, 6.45) is 1.28. The topological polar surface area (TPSA) is 91.7 Å². The van der Waals surface area contributed by atoms with E-state index in [4.69, 9.17) is 37.4 Å². The molecule has 10 heteroatoms. The molecule has 0 atom stereocenters. The van der Waals surface area contributed by atoms with Crippen LogP contribution in [0, 0.1) is 0 Å². The van der Waals surface area contributed by atoms with Crippen LogP contribution >= 0.6 is 23.2 Å². The lowest BCUT2D eigenvalue weighted by molar-refractivity contribution is -0.121. The van der Waals surface area contributed by atoms with Crippen LogP contribution in [0.1, 0.15) is 5.56 Å². The number of nitrogens with one attached hydrogen (secondary N) is 1. The van der Waals surface area contributed by atoms with E-state index in [-0.39, 0.29) is 29.4 Å². The predicted molar refractivity (Wildman–Crippen MR) is 114 cm³/mol. The van der Waals surface area contributed by atoms with Gasteiger partial charge in [-0.3, -0.25) is 14.2 Å². The Hall–Kier alpha value is -2.97. The minimum atomic E-state index is -0.410. The van der Waals surface area contributed by atoms with E-state index < -0.39 is 5.56 Å². The fourth-order valence-corrected chi connectivity index (χ4v) is 3.50. The van der Waals surface area contributed by atoms with Crippen LogP contribution < -0.4 is 25.1 Å². The smallest absolute Gasteiger partial charge is 0.261 e. The second-order valence-electron chi connectivity index (χ2n) is 6.27. The monoisotopic (exact) mass is 451 g/mol. The van der Waals surface area contributed by atoms with Crippen LogP contribution in [0.25, 0.3) is 10.9 Å². The molecule has 158 valence electrons. The number of hydrogen-bond donors (Lipinski definition) is 1. The molecule has 3 aromatic rings. The van der Waals surface area contributed by atoms with Gasteiger partial charge in [-0.15, -0.1) is 0 Å². The lowest BCUT2D eigenvalue weighted by atomic mass is 10.1. The molecule has 0 aliphatic rings. The number of aromatic nitrogens is 2. The molecule has 0 fully saturated rings. The van der Waals surface area contributed by atoms with E-state index in [1.165, 1.54) is 44.4 Å². The van der Waals surface area contributed by atoms with Gasteiger partial charge in [-0.05, 0) is 29.8 Å². The van der Waals surface area contributed by atoms with Crippen molar-refractivity contribution in [1.29, 1.82) is 0 Å². The fraction of sp³-hybridized carbons (Fsp3) is 0.250. The molecular formula is C20H19Cl2N3O5. The second-order valence-corrected chi connectivity index (χ2v) is 7.12. The Morgan fingerprint density at radius 1 is 1.07 bits per heavy atom. The van der Waals surface area contributed by atoms with Gasteiger partial charge in [0.2, 0.25) is 11.7 Å². The Labute approximate surface area is 182 Å². The molecule has 30 heavy (non-hydrogen) atoms. The summed E-state index contributed by atoms with van der Waals surface area (Å²) in [5.41, 5.74) is 0.660. The molecular weight excluding hydrogens is 433 g/mol. The zero-order chi connectivity index (χ0) is 21.8. The van der Waals surface area contributed by atoms with Crippen molar-refractivity contribution in [2.45, 2.75) is 13.1 Å². The number of carbonyl (C=O) groups excluding carboxylic acids is 1. The molecule has 0 aliphatic carbocycles. The first-order valence-corrected chi connectivity index (χ1v) is 9.53. The quantitative estimate of drug-likeness (QED) is 0.593. The number of halogens is 2. The number of rotatable bonds is 7. The lowest BCUT2D eigenvalue weighted by Gasteiger charge is -2.14. The normalized spacial score (nSPS) is 10.7. The van der Waals surface area contributed by atoms with Crippen molar-refractivity contribution in [2.24, 2.45) is 0 Å².